The molecule has 4 nitrogen and oxygen atoms in total. The quantitative estimate of drug-likeness (QED) is 0.404. The van der Waals surface area contributed by atoms with Crippen molar-refractivity contribution in [2.45, 2.75) is 12.8 Å². The van der Waals surface area contributed by atoms with E-state index in [-0.39, 0.29) is 6.09 Å². The molecule has 0 unspecified atom stereocenters. The third-order valence-corrected chi connectivity index (χ3v) is 1.52. The minimum absolute atomic E-state index is 0.375. The Morgan fingerprint density at radius 2 is 2.00 bits per heavy atom. The van der Waals surface area contributed by atoms with Gasteiger partial charge in [0.15, 0.2) is 0 Å². The van der Waals surface area contributed by atoms with Crippen LogP contribution in [0, 0.1) is 0 Å². The van der Waals surface area contributed by atoms with Gasteiger partial charge in [-0.2, -0.15) is 4.89 Å². The highest BCUT2D eigenvalue weighted by Crippen LogP contribution is 2.08. The summed E-state index contributed by atoms with van der Waals surface area (Å²) in [6, 6.07) is 0. The Labute approximate surface area is 59.6 Å². The van der Waals surface area contributed by atoms with E-state index in [0.29, 0.717) is 0 Å². The van der Waals surface area contributed by atoms with Crippen molar-refractivity contribution < 1.29 is 14.6 Å². The molecular formula is C6H11NO3. The number of hydrogen-bond acceptors (Lipinski definition) is 3. The average Bonchev–Trinajstić information content (AvgIpc) is 2.38. The fourth-order valence-electron chi connectivity index (χ4n) is 1.02. The van der Waals surface area contributed by atoms with Gasteiger partial charge in [-0.3, -0.25) is 4.89 Å². The molecule has 1 amide bonds. The fourth-order valence-corrected chi connectivity index (χ4v) is 1.02. The van der Waals surface area contributed by atoms with Crippen molar-refractivity contribution in [1.29, 1.82) is 0 Å². The first kappa shape index (κ1) is 7.34. The van der Waals surface area contributed by atoms with Crippen LogP contribution in [-0.2, 0) is 9.78 Å². The minimum atomic E-state index is -0.375. The third-order valence-electron chi connectivity index (χ3n) is 1.52. The molecule has 0 N–H and O–H groups in total. The maximum atomic E-state index is 10.8. The highest BCUT2D eigenvalue weighted by atomic mass is 17.2. The molecule has 58 valence electrons. The van der Waals surface area contributed by atoms with Crippen molar-refractivity contribution in [2.75, 3.05) is 20.2 Å². The van der Waals surface area contributed by atoms with E-state index in [4.69, 9.17) is 0 Å². The number of carbonyl (C=O) groups excluding carboxylic acids is 1. The van der Waals surface area contributed by atoms with Crippen molar-refractivity contribution in [2.24, 2.45) is 0 Å². The minimum Gasteiger partial charge on any atom is -0.306 e. The Morgan fingerprint density at radius 1 is 1.40 bits per heavy atom. The summed E-state index contributed by atoms with van der Waals surface area (Å²) in [6.45, 7) is 1.59. The van der Waals surface area contributed by atoms with Gasteiger partial charge in [0.05, 0.1) is 7.11 Å². The van der Waals surface area contributed by atoms with Crippen molar-refractivity contribution in [3.8, 4) is 0 Å². The zero-order chi connectivity index (χ0) is 7.40. The summed E-state index contributed by atoms with van der Waals surface area (Å²) < 4.78 is 0. The van der Waals surface area contributed by atoms with E-state index in [1.807, 2.05) is 0 Å². The first-order valence-corrected chi connectivity index (χ1v) is 3.34. The number of rotatable bonds is 1. The summed E-state index contributed by atoms with van der Waals surface area (Å²) in [5, 5.41) is 0. The van der Waals surface area contributed by atoms with Crippen LogP contribution in [0.25, 0.3) is 0 Å². The SMILES string of the molecule is COOC(=O)N1CCCC1. The number of amides is 1. The van der Waals surface area contributed by atoms with Crippen molar-refractivity contribution in [1.82, 2.24) is 4.90 Å². The monoisotopic (exact) mass is 145 g/mol. The van der Waals surface area contributed by atoms with Crippen molar-refractivity contribution in [3.63, 3.8) is 0 Å². The van der Waals surface area contributed by atoms with Gasteiger partial charge in [-0.25, -0.2) is 4.79 Å². The molecule has 0 bridgehead atoms. The van der Waals surface area contributed by atoms with E-state index in [9.17, 15) is 4.79 Å². The largest absolute Gasteiger partial charge is 0.441 e. The average molecular weight is 145 g/mol. The smallest absolute Gasteiger partial charge is 0.306 e. The maximum absolute atomic E-state index is 10.8. The van der Waals surface area contributed by atoms with Crippen LogP contribution in [0.4, 0.5) is 4.79 Å². The number of likely N-dealkylation sites (tertiary alicyclic amines) is 1. The number of hydrogen-bond donors (Lipinski definition) is 0. The molecule has 0 aromatic rings. The van der Waals surface area contributed by atoms with E-state index in [2.05, 4.69) is 9.78 Å². The van der Waals surface area contributed by atoms with Gasteiger partial charge in [0.1, 0.15) is 0 Å². The number of carbonyl (C=O) groups is 1. The highest BCUT2D eigenvalue weighted by Gasteiger charge is 2.19. The molecule has 1 saturated heterocycles. The Kier molecular flexibility index (Phi) is 2.50. The highest BCUT2D eigenvalue weighted by molar-refractivity contribution is 5.67. The van der Waals surface area contributed by atoms with Gasteiger partial charge in [0.25, 0.3) is 0 Å². The van der Waals surface area contributed by atoms with Gasteiger partial charge in [-0.15, -0.1) is 0 Å². The van der Waals surface area contributed by atoms with Crippen LogP contribution in [0.3, 0.4) is 0 Å². The second kappa shape index (κ2) is 3.41. The van der Waals surface area contributed by atoms with Gasteiger partial charge in [0.2, 0.25) is 0 Å². The van der Waals surface area contributed by atoms with E-state index in [1.165, 1.54) is 7.11 Å². The molecule has 0 atom stereocenters. The third kappa shape index (κ3) is 1.60. The maximum Gasteiger partial charge on any atom is 0.441 e. The van der Waals surface area contributed by atoms with Crippen molar-refractivity contribution >= 4 is 6.09 Å². The van der Waals surface area contributed by atoms with Crippen LogP contribution in [0.2, 0.25) is 0 Å². The summed E-state index contributed by atoms with van der Waals surface area (Å²) >= 11 is 0. The normalized spacial score (nSPS) is 17.5. The van der Waals surface area contributed by atoms with Crippen LogP contribution in [0.5, 0.6) is 0 Å². The van der Waals surface area contributed by atoms with E-state index >= 15 is 0 Å². The first-order chi connectivity index (χ1) is 4.84. The lowest BCUT2D eigenvalue weighted by Gasteiger charge is -2.11. The predicted octanol–water partition coefficient (Wildman–Crippen LogP) is 0.780. The van der Waals surface area contributed by atoms with Crippen molar-refractivity contribution in [3.05, 3.63) is 0 Å². The lowest BCUT2D eigenvalue weighted by molar-refractivity contribution is -0.220. The molecule has 0 aliphatic carbocycles. The molecule has 0 aromatic heterocycles. The van der Waals surface area contributed by atoms with Crippen LogP contribution >= 0.6 is 0 Å². The van der Waals surface area contributed by atoms with Crippen LogP contribution in [0.15, 0.2) is 0 Å². The standard InChI is InChI=1S/C6H11NO3/c1-9-10-6(8)7-4-2-3-5-7/h2-5H2,1H3. The zero-order valence-electron chi connectivity index (χ0n) is 6.00. The molecule has 0 aromatic carbocycles. The Hall–Kier alpha value is -0.770. The molecule has 10 heavy (non-hydrogen) atoms. The number of nitrogens with zero attached hydrogens (tertiary/aromatic N) is 1. The molecule has 1 fully saturated rings. The van der Waals surface area contributed by atoms with E-state index in [1.54, 1.807) is 4.90 Å². The fraction of sp³-hybridized carbons (Fsp3) is 0.833. The Balaban J connectivity index is 2.25. The van der Waals surface area contributed by atoms with Crippen LogP contribution in [0.1, 0.15) is 12.8 Å². The first-order valence-electron chi connectivity index (χ1n) is 3.34. The van der Waals surface area contributed by atoms with Gasteiger partial charge < -0.3 is 4.90 Å². The zero-order valence-corrected chi connectivity index (χ0v) is 6.00. The Bertz CT molecular complexity index is 120. The molecule has 4 heteroatoms. The Morgan fingerprint density at radius 3 is 2.50 bits per heavy atom. The van der Waals surface area contributed by atoms with E-state index < -0.39 is 0 Å². The molecule has 0 radical (unpaired) electrons. The molecule has 0 saturated carbocycles. The summed E-state index contributed by atoms with van der Waals surface area (Å²) in [7, 11) is 1.33. The predicted molar refractivity (Wildman–Crippen MR) is 34.3 cm³/mol. The van der Waals surface area contributed by atoms with Crippen LogP contribution in [-0.4, -0.2) is 31.2 Å². The summed E-state index contributed by atoms with van der Waals surface area (Å²) in [5.74, 6) is 0. The van der Waals surface area contributed by atoms with Gasteiger partial charge in [0, 0.05) is 13.1 Å². The van der Waals surface area contributed by atoms with Gasteiger partial charge in [-0.1, -0.05) is 0 Å². The lowest BCUT2D eigenvalue weighted by atomic mass is 10.4. The van der Waals surface area contributed by atoms with E-state index in [0.717, 1.165) is 25.9 Å². The topological polar surface area (TPSA) is 38.8 Å². The molecule has 1 rings (SSSR count). The molecule has 1 aliphatic rings. The summed E-state index contributed by atoms with van der Waals surface area (Å²) in [6.07, 6.45) is 1.76. The molecular weight excluding hydrogens is 134 g/mol. The second-order valence-electron chi connectivity index (χ2n) is 2.21. The summed E-state index contributed by atoms with van der Waals surface area (Å²) in [5.41, 5.74) is 0. The van der Waals surface area contributed by atoms with Crippen LogP contribution < -0.4 is 0 Å². The van der Waals surface area contributed by atoms with Gasteiger partial charge in [-0.05, 0) is 12.8 Å². The molecule has 1 aliphatic heterocycles. The molecule has 0 spiro atoms. The summed E-state index contributed by atoms with van der Waals surface area (Å²) in [4.78, 5) is 21.0. The lowest BCUT2D eigenvalue weighted by Crippen LogP contribution is -2.27. The second-order valence-corrected chi connectivity index (χ2v) is 2.21. The molecule has 1 heterocycles. The van der Waals surface area contributed by atoms with Gasteiger partial charge >= 0.3 is 6.09 Å².